The Morgan fingerprint density at radius 3 is 2.00 bits per heavy atom. The van der Waals surface area contributed by atoms with E-state index in [0.717, 1.165) is 5.56 Å². The van der Waals surface area contributed by atoms with Crippen LogP contribution in [0.5, 0.6) is 0 Å². The fourth-order valence-electron chi connectivity index (χ4n) is 1.44. The van der Waals surface area contributed by atoms with Crippen LogP contribution in [0.4, 0.5) is 0 Å². The van der Waals surface area contributed by atoms with Crippen LogP contribution < -0.4 is 0 Å². The molecule has 0 spiro atoms. The van der Waals surface area contributed by atoms with Gasteiger partial charge in [0.15, 0.2) is 0 Å². The molecule has 0 bridgehead atoms. The van der Waals surface area contributed by atoms with Gasteiger partial charge >= 0.3 is 0 Å². The fourth-order valence-corrected chi connectivity index (χ4v) is 2.01. The number of thiol groups is 1. The van der Waals surface area contributed by atoms with Crippen LogP contribution in [-0.2, 0) is 5.41 Å². The van der Waals surface area contributed by atoms with Crippen LogP contribution in [0.1, 0.15) is 26.3 Å². The van der Waals surface area contributed by atoms with Crippen LogP contribution in [0.15, 0.2) is 30.3 Å². The molecule has 2 heteroatoms. The van der Waals surface area contributed by atoms with Crippen molar-refractivity contribution in [3.63, 3.8) is 0 Å². The summed E-state index contributed by atoms with van der Waals surface area (Å²) in [6, 6.07) is 10.0. The largest absolute Gasteiger partial charge is 0.390 e. The van der Waals surface area contributed by atoms with E-state index in [4.69, 9.17) is 0 Å². The average Bonchev–Trinajstić information content (AvgIpc) is 2.16. The molecular formula is C12H18OS. The minimum Gasteiger partial charge on any atom is -0.390 e. The molecule has 1 N–H and O–H groups in total. The third-order valence-electron chi connectivity index (χ3n) is 3.08. The molecule has 0 saturated carbocycles. The lowest BCUT2D eigenvalue weighted by atomic mass is 9.72. The van der Waals surface area contributed by atoms with E-state index in [1.165, 1.54) is 0 Å². The first kappa shape index (κ1) is 11.6. The maximum Gasteiger partial charge on any atom is 0.0693 e. The number of aliphatic hydroxyl groups is 1. The summed E-state index contributed by atoms with van der Waals surface area (Å²) in [5, 5.41) is 10.1. The van der Waals surface area contributed by atoms with Gasteiger partial charge in [-0.15, -0.1) is 0 Å². The molecule has 1 aromatic carbocycles. The average molecular weight is 210 g/mol. The molecular weight excluding hydrogens is 192 g/mol. The maximum atomic E-state index is 10.1. The highest BCUT2D eigenvalue weighted by atomic mass is 32.1. The number of benzene rings is 1. The predicted molar refractivity (Wildman–Crippen MR) is 63.9 cm³/mol. The van der Waals surface area contributed by atoms with Crippen LogP contribution in [0.25, 0.3) is 0 Å². The third-order valence-corrected chi connectivity index (χ3v) is 3.71. The Bertz CT molecular complexity index is 289. The second-order valence-corrected chi connectivity index (χ2v) is 4.73. The van der Waals surface area contributed by atoms with Crippen LogP contribution >= 0.6 is 12.6 Å². The Labute approximate surface area is 91.6 Å². The zero-order valence-corrected chi connectivity index (χ0v) is 9.88. The Kier molecular flexibility index (Phi) is 3.28. The van der Waals surface area contributed by atoms with E-state index in [-0.39, 0.29) is 5.41 Å². The normalized spacial score (nSPS) is 16.4. The summed E-state index contributed by atoms with van der Waals surface area (Å²) in [7, 11) is 0. The summed E-state index contributed by atoms with van der Waals surface area (Å²) in [4.78, 5) is 0. The second kappa shape index (κ2) is 3.95. The lowest BCUT2D eigenvalue weighted by Gasteiger charge is -2.40. The van der Waals surface area contributed by atoms with Crippen LogP contribution in [0.3, 0.4) is 0 Å². The molecule has 1 rings (SSSR count). The summed E-state index contributed by atoms with van der Waals surface area (Å²) in [6.07, 6.45) is 0. The summed E-state index contributed by atoms with van der Waals surface area (Å²) >= 11 is 4.35. The van der Waals surface area contributed by atoms with Gasteiger partial charge in [-0.25, -0.2) is 0 Å². The van der Waals surface area contributed by atoms with Gasteiger partial charge in [0.1, 0.15) is 0 Å². The standard InChI is InChI=1S/C12H18OS/c1-11(2,13)12(3,9-14)10-7-5-4-6-8-10/h4-8,13-14H,9H2,1-3H3. The van der Waals surface area contributed by atoms with E-state index in [1.807, 2.05) is 51.1 Å². The lowest BCUT2D eigenvalue weighted by Crippen LogP contribution is -2.46. The van der Waals surface area contributed by atoms with E-state index in [9.17, 15) is 5.11 Å². The van der Waals surface area contributed by atoms with Gasteiger partial charge in [0, 0.05) is 11.2 Å². The Hall–Kier alpha value is -0.470. The summed E-state index contributed by atoms with van der Waals surface area (Å²) in [6.45, 7) is 5.70. The Morgan fingerprint density at radius 1 is 1.14 bits per heavy atom. The molecule has 1 atom stereocenters. The van der Waals surface area contributed by atoms with E-state index < -0.39 is 5.60 Å². The van der Waals surface area contributed by atoms with Crippen molar-refractivity contribution in [3.8, 4) is 0 Å². The Balaban J connectivity index is 3.15. The van der Waals surface area contributed by atoms with Gasteiger partial charge in [0.05, 0.1) is 5.60 Å². The summed E-state index contributed by atoms with van der Waals surface area (Å²) < 4.78 is 0. The molecule has 0 aliphatic carbocycles. The Morgan fingerprint density at radius 2 is 1.64 bits per heavy atom. The molecule has 1 aromatic rings. The zero-order valence-electron chi connectivity index (χ0n) is 8.99. The third kappa shape index (κ3) is 1.96. The van der Waals surface area contributed by atoms with Gasteiger partial charge in [0.25, 0.3) is 0 Å². The van der Waals surface area contributed by atoms with Gasteiger partial charge in [0.2, 0.25) is 0 Å². The molecule has 0 aliphatic heterocycles. The monoisotopic (exact) mass is 210 g/mol. The molecule has 0 amide bonds. The molecule has 0 heterocycles. The molecule has 0 aromatic heterocycles. The van der Waals surface area contributed by atoms with Crippen molar-refractivity contribution in [1.82, 2.24) is 0 Å². The molecule has 14 heavy (non-hydrogen) atoms. The van der Waals surface area contributed by atoms with Crippen molar-refractivity contribution in [1.29, 1.82) is 0 Å². The van der Waals surface area contributed by atoms with Crippen molar-refractivity contribution >= 4 is 12.6 Å². The highest BCUT2D eigenvalue weighted by Crippen LogP contribution is 2.35. The molecule has 0 aliphatic rings. The first-order valence-corrected chi connectivity index (χ1v) is 5.44. The van der Waals surface area contributed by atoms with Crippen molar-refractivity contribution in [2.24, 2.45) is 0 Å². The highest BCUT2D eigenvalue weighted by Gasteiger charge is 2.39. The molecule has 0 radical (unpaired) electrons. The van der Waals surface area contributed by atoms with Gasteiger partial charge in [-0.3, -0.25) is 0 Å². The quantitative estimate of drug-likeness (QED) is 0.735. The van der Waals surface area contributed by atoms with Crippen molar-refractivity contribution in [3.05, 3.63) is 35.9 Å². The SMILES string of the molecule is CC(C)(O)C(C)(CS)c1ccccc1. The first-order chi connectivity index (χ1) is 6.42. The van der Waals surface area contributed by atoms with E-state index in [1.54, 1.807) is 0 Å². The van der Waals surface area contributed by atoms with E-state index in [0.29, 0.717) is 5.75 Å². The second-order valence-electron chi connectivity index (χ2n) is 4.42. The van der Waals surface area contributed by atoms with Crippen LogP contribution in [0.2, 0.25) is 0 Å². The first-order valence-electron chi connectivity index (χ1n) is 4.80. The van der Waals surface area contributed by atoms with E-state index >= 15 is 0 Å². The van der Waals surface area contributed by atoms with Crippen molar-refractivity contribution in [2.75, 3.05) is 5.75 Å². The predicted octanol–water partition coefficient (Wildman–Crippen LogP) is 2.65. The number of hydrogen-bond donors (Lipinski definition) is 2. The number of rotatable bonds is 3. The lowest BCUT2D eigenvalue weighted by molar-refractivity contribution is 0.0121. The van der Waals surface area contributed by atoms with Crippen LogP contribution in [0, 0.1) is 0 Å². The maximum absolute atomic E-state index is 10.1. The minimum atomic E-state index is -0.768. The molecule has 0 fully saturated rings. The molecule has 78 valence electrons. The van der Waals surface area contributed by atoms with Crippen molar-refractivity contribution < 1.29 is 5.11 Å². The van der Waals surface area contributed by atoms with Gasteiger partial charge in [-0.1, -0.05) is 37.3 Å². The van der Waals surface area contributed by atoms with E-state index in [2.05, 4.69) is 12.6 Å². The van der Waals surface area contributed by atoms with Gasteiger partial charge in [-0.05, 0) is 19.4 Å². The fraction of sp³-hybridized carbons (Fsp3) is 0.500. The zero-order chi connectivity index (χ0) is 10.8. The number of hydrogen-bond acceptors (Lipinski definition) is 2. The topological polar surface area (TPSA) is 20.2 Å². The highest BCUT2D eigenvalue weighted by molar-refractivity contribution is 7.80. The smallest absolute Gasteiger partial charge is 0.0693 e. The molecule has 1 unspecified atom stereocenters. The summed E-state index contributed by atoms with van der Waals surface area (Å²) in [5.74, 6) is 0.626. The van der Waals surface area contributed by atoms with Crippen LogP contribution in [-0.4, -0.2) is 16.5 Å². The van der Waals surface area contributed by atoms with Gasteiger partial charge in [-0.2, -0.15) is 12.6 Å². The van der Waals surface area contributed by atoms with Gasteiger partial charge < -0.3 is 5.11 Å². The molecule has 1 nitrogen and oxygen atoms in total. The van der Waals surface area contributed by atoms with Crippen molar-refractivity contribution in [2.45, 2.75) is 31.8 Å². The summed E-state index contributed by atoms with van der Waals surface area (Å²) in [5.41, 5.74) is 0.0514. The molecule has 0 saturated heterocycles. The minimum absolute atomic E-state index is 0.308.